The third-order valence-electron chi connectivity index (χ3n) is 4.90. The Balaban J connectivity index is 1.88. The van der Waals surface area contributed by atoms with Crippen LogP contribution in [-0.4, -0.2) is 19.6 Å². The summed E-state index contributed by atoms with van der Waals surface area (Å²) >= 11 is 0. The summed E-state index contributed by atoms with van der Waals surface area (Å²) in [6.07, 6.45) is 3.93. The highest BCUT2D eigenvalue weighted by atomic mass is 15.4. The van der Waals surface area contributed by atoms with Gasteiger partial charge < -0.3 is 0 Å². The molecule has 0 aliphatic rings. The van der Waals surface area contributed by atoms with Gasteiger partial charge in [-0.1, -0.05) is 78.9 Å². The van der Waals surface area contributed by atoms with Crippen molar-refractivity contribution in [1.29, 1.82) is 0 Å². The molecule has 2 heterocycles. The number of hydrogen-bond donors (Lipinski definition) is 0. The minimum absolute atomic E-state index is 0.899. The summed E-state index contributed by atoms with van der Waals surface area (Å²) in [5.41, 5.74) is 7.15. The first-order chi connectivity index (χ1) is 14.3. The number of para-hydroxylation sites is 1. The second-order valence-electron chi connectivity index (χ2n) is 6.99. The zero-order valence-electron chi connectivity index (χ0n) is 16.1. The van der Waals surface area contributed by atoms with E-state index in [2.05, 4.69) is 60.6 Å². The fourth-order valence-electron chi connectivity index (χ4n) is 3.56. The molecule has 0 fully saturated rings. The van der Waals surface area contributed by atoms with Crippen molar-refractivity contribution in [1.82, 2.24) is 19.6 Å². The first-order valence-corrected chi connectivity index (χ1v) is 9.62. The first kappa shape index (κ1) is 17.2. The van der Waals surface area contributed by atoms with Gasteiger partial charge in [0.25, 0.3) is 0 Å². The van der Waals surface area contributed by atoms with Gasteiger partial charge in [0.15, 0.2) is 0 Å². The van der Waals surface area contributed by atoms with E-state index in [4.69, 9.17) is 5.10 Å². The van der Waals surface area contributed by atoms with E-state index < -0.39 is 0 Å². The Morgan fingerprint density at radius 2 is 1.28 bits per heavy atom. The van der Waals surface area contributed by atoms with E-state index in [-0.39, 0.29) is 0 Å². The first-order valence-electron chi connectivity index (χ1n) is 9.62. The number of aromatic nitrogens is 4. The fraction of sp³-hybridized carbons (Fsp3) is 0.0400. The maximum Gasteiger partial charge on any atom is 0.119 e. The molecule has 0 aliphatic carbocycles. The standard InChI is InChI=1S/C25H20N4/c1-19-17-26-28(18-19)25-23(20-11-5-2-6-12-20)27-29(22-15-9-4-10-16-22)24(25)21-13-7-3-8-14-21/h2-18H,1H3. The number of aryl methyl sites for hydroxylation is 1. The van der Waals surface area contributed by atoms with E-state index in [0.717, 1.165) is 39.5 Å². The molecule has 4 heteroatoms. The smallest absolute Gasteiger partial charge is 0.119 e. The maximum absolute atomic E-state index is 5.07. The zero-order chi connectivity index (χ0) is 19.6. The Bertz CT molecular complexity index is 1240. The van der Waals surface area contributed by atoms with Gasteiger partial charge in [0, 0.05) is 17.3 Å². The van der Waals surface area contributed by atoms with Gasteiger partial charge in [0.2, 0.25) is 0 Å². The molecular weight excluding hydrogens is 356 g/mol. The van der Waals surface area contributed by atoms with E-state index in [0.29, 0.717) is 0 Å². The molecule has 4 nitrogen and oxygen atoms in total. The molecule has 0 saturated heterocycles. The summed E-state index contributed by atoms with van der Waals surface area (Å²) in [5.74, 6) is 0. The fourth-order valence-corrected chi connectivity index (χ4v) is 3.56. The minimum Gasteiger partial charge on any atom is -0.236 e. The van der Waals surface area contributed by atoms with Gasteiger partial charge in [-0.05, 0) is 24.6 Å². The highest BCUT2D eigenvalue weighted by Gasteiger charge is 2.23. The van der Waals surface area contributed by atoms with Crippen molar-refractivity contribution in [2.45, 2.75) is 6.92 Å². The number of nitrogens with zero attached hydrogens (tertiary/aromatic N) is 4. The van der Waals surface area contributed by atoms with E-state index >= 15 is 0 Å². The topological polar surface area (TPSA) is 35.6 Å². The van der Waals surface area contributed by atoms with Crippen molar-refractivity contribution in [3.8, 4) is 33.9 Å². The van der Waals surface area contributed by atoms with Crippen LogP contribution in [0.5, 0.6) is 0 Å². The summed E-state index contributed by atoms with van der Waals surface area (Å²) < 4.78 is 3.95. The highest BCUT2D eigenvalue weighted by molar-refractivity contribution is 5.82. The molecule has 0 unspecified atom stereocenters. The average molecular weight is 376 g/mol. The molecule has 3 aromatic carbocycles. The predicted molar refractivity (Wildman–Crippen MR) is 116 cm³/mol. The number of hydrogen-bond acceptors (Lipinski definition) is 2. The van der Waals surface area contributed by atoms with Crippen molar-refractivity contribution in [3.05, 3.63) is 109 Å². The molecule has 0 N–H and O–H groups in total. The molecular formula is C25H20N4. The van der Waals surface area contributed by atoms with Crippen molar-refractivity contribution in [3.63, 3.8) is 0 Å². The van der Waals surface area contributed by atoms with Crippen molar-refractivity contribution < 1.29 is 0 Å². The lowest BCUT2D eigenvalue weighted by molar-refractivity contribution is 0.876. The molecule has 0 atom stereocenters. The Morgan fingerprint density at radius 3 is 1.86 bits per heavy atom. The lowest BCUT2D eigenvalue weighted by Crippen LogP contribution is -2.01. The molecule has 140 valence electrons. The van der Waals surface area contributed by atoms with Gasteiger partial charge in [-0.25, -0.2) is 9.36 Å². The van der Waals surface area contributed by atoms with Crippen LogP contribution in [0.25, 0.3) is 33.9 Å². The SMILES string of the molecule is Cc1cnn(-c2c(-c3ccccc3)nn(-c3ccccc3)c2-c2ccccc2)c1. The van der Waals surface area contributed by atoms with Crippen LogP contribution < -0.4 is 0 Å². The second kappa shape index (κ2) is 7.24. The van der Waals surface area contributed by atoms with Crippen molar-refractivity contribution >= 4 is 0 Å². The van der Waals surface area contributed by atoms with Crippen LogP contribution in [0.1, 0.15) is 5.56 Å². The molecule has 5 aromatic rings. The lowest BCUT2D eigenvalue weighted by atomic mass is 10.1. The summed E-state index contributed by atoms with van der Waals surface area (Å²) in [6.45, 7) is 2.05. The second-order valence-corrected chi connectivity index (χ2v) is 6.99. The molecule has 0 radical (unpaired) electrons. The van der Waals surface area contributed by atoms with Crippen LogP contribution >= 0.6 is 0 Å². The summed E-state index contributed by atoms with van der Waals surface area (Å²) in [7, 11) is 0. The van der Waals surface area contributed by atoms with E-state index in [1.807, 2.05) is 64.2 Å². The number of benzene rings is 3. The quantitative estimate of drug-likeness (QED) is 0.403. The monoisotopic (exact) mass is 376 g/mol. The molecule has 0 aliphatic heterocycles. The van der Waals surface area contributed by atoms with Gasteiger partial charge in [-0.2, -0.15) is 10.2 Å². The van der Waals surface area contributed by atoms with Crippen molar-refractivity contribution in [2.24, 2.45) is 0 Å². The summed E-state index contributed by atoms with van der Waals surface area (Å²) in [4.78, 5) is 0. The molecule has 2 aromatic heterocycles. The average Bonchev–Trinajstić information content (AvgIpc) is 3.39. The normalized spacial score (nSPS) is 10.9. The number of rotatable bonds is 4. The minimum atomic E-state index is 0.899. The van der Waals surface area contributed by atoms with Crippen LogP contribution in [-0.2, 0) is 0 Å². The zero-order valence-corrected chi connectivity index (χ0v) is 16.1. The van der Waals surface area contributed by atoms with Crippen LogP contribution in [0.2, 0.25) is 0 Å². The molecule has 29 heavy (non-hydrogen) atoms. The van der Waals surface area contributed by atoms with Gasteiger partial charge in [-0.15, -0.1) is 0 Å². The lowest BCUT2D eigenvalue weighted by Gasteiger charge is -2.10. The Labute approximate surface area is 169 Å². The summed E-state index contributed by atoms with van der Waals surface area (Å²) in [5, 5.41) is 9.70. The van der Waals surface area contributed by atoms with Crippen LogP contribution in [0.15, 0.2) is 103 Å². The van der Waals surface area contributed by atoms with Gasteiger partial charge in [0.1, 0.15) is 17.1 Å². The van der Waals surface area contributed by atoms with Crippen LogP contribution in [0.4, 0.5) is 0 Å². The largest absolute Gasteiger partial charge is 0.236 e. The Kier molecular flexibility index (Phi) is 4.30. The van der Waals surface area contributed by atoms with E-state index in [1.165, 1.54) is 0 Å². The molecule has 0 saturated carbocycles. The Morgan fingerprint density at radius 1 is 0.690 bits per heavy atom. The van der Waals surface area contributed by atoms with Gasteiger partial charge in [-0.3, -0.25) is 0 Å². The third kappa shape index (κ3) is 3.15. The van der Waals surface area contributed by atoms with Gasteiger partial charge >= 0.3 is 0 Å². The maximum atomic E-state index is 5.07. The molecule has 5 rings (SSSR count). The third-order valence-corrected chi connectivity index (χ3v) is 4.90. The molecule has 0 amide bonds. The molecule has 0 spiro atoms. The van der Waals surface area contributed by atoms with Crippen LogP contribution in [0.3, 0.4) is 0 Å². The van der Waals surface area contributed by atoms with E-state index in [9.17, 15) is 0 Å². The predicted octanol–water partition coefficient (Wildman–Crippen LogP) is 5.70. The highest BCUT2D eigenvalue weighted by Crippen LogP contribution is 2.36. The summed E-state index contributed by atoms with van der Waals surface area (Å²) in [6, 6.07) is 30.9. The van der Waals surface area contributed by atoms with E-state index in [1.54, 1.807) is 0 Å². The molecule has 0 bridgehead atoms. The van der Waals surface area contributed by atoms with Crippen LogP contribution in [0, 0.1) is 6.92 Å². The Hall–Kier alpha value is -3.92. The van der Waals surface area contributed by atoms with Crippen molar-refractivity contribution in [2.75, 3.05) is 0 Å². The van der Waals surface area contributed by atoms with Gasteiger partial charge in [0.05, 0.1) is 11.9 Å².